The van der Waals surface area contributed by atoms with E-state index >= 15 is 0 Å². The highest BCUT2D eigenvalue weighted by Crippen LogP contribution is 2.21. The van der Waals surface area contributed by atoms with Crippen LogP contribution in [-0.4, -0.2) is 14.8 Å². The van der Waals surface area contributed by atoms with E-state index < -0.39 is 11.6 Å². The third-order valence-electron chi connectivity index (χ3n) is 2.73. The number of halogens is 2. The maximum absolute atomic E-state index is 13.8. The topological polar surface area (TPSA) is 55.9 Å². The molecule has 1 heterocycles. The van der Waals surface area contributed by atoms with Crippen molar-refractivity contribution in [2.45, 2.75) is 6.54 Å². The van der Waals surface area contributed by atoms with Gasteiger partial charge in [0, 0.05) is 18.8 Å². The summed E-state index contributed by atoms with van der Waals surface area (Å²) in [6, 6.07) is 4.54. The number of aryl methyl sites for hydroxylation is 1. The molecule has 4 nitrogen and oxygen atoms in total. The smallest absolute Gasteiger partial charge is 0.182 e. The maximum Gasteiger partial charge on any atom is 0.182 e. The number of hydrogen-bond acceptors (Lipinski definition) is 3. The third-order valence-corrected chi connectivity index (χ3v) is 2.95. The molecule has 2 rings (SSSR count). The standard InChI is InChI=1S/C12H12F2N4S/c1-18-7(4-5-17-18)6-16-9-3-2-8(12(15)19)10(13)11(9)14/h2-5,16H,6H2,1H3,(H2,15,19). The second-order valence-electron chi connectivity index (χ2n) is 3.95. The number of hydrogen-bond donors (Lipinski definition) is 2. The fraction of sp³-hybridized carbons (Fsp3) is 0.167. The molecule has 100 valence electrons. The molecule has 0 radical (unpaired) electrons. The Labute approximate surface area is 114 Å². The fourth-order valence-electron chi connectivity index (χ4n) is 1.64. The first-order chi connectivity index (χ1) is 9.00. The predicted octanol–water partition coefficient (Wildman–Crippen LogP) is 1.94. The van der Waals surface area contributed by atoms with Gasteiger partial charge >= 0.3 is 0 Å². The zero-order valence-electron chi connectivity index (χ0n) is 10.2. The average molecular weight is 282 g/mol. The van der Waals surface area contributed by atoms with Gasteiger partial charge in [0.2, 0.25) is 0 Å². The molecule has 0 aliphatic carbocycles. The average Bonchev–Trinajstić information content (AvgIpc) is 2.76. The van der Waals surface area contributed by atoms with Crippen molar-refractivity contribution in [3.63, 3.8) is 0 Å². The predicted molar refractivity (Wildman–Crippen MR) is 72.8 cm³/mol. The van der Waals surface area contributed by atoms with E-state index in [0.29, 0.717) is 6.54 Å². The summed E-state index contributed by atoms with van der Waals surface area (Å²) in [6.45, 7) is 0.333. The first kappa shape index (κ1) is 13.4. The Hall–Kier alpha value is -2.02. The number of benzene rings is 1. The van der Waals surface area contributed by atoms with Crippen molar-refractivity contribution < 1.29 is 8.78 Å². The minimum atomic E-state index is -1.04. The van der Waals surface area contributed by atoms with E-state index in [1.807, 2.05) is 0 Å². The van der Waals surface area contributed by atoms with E-state index in [-0.39, 0.29) is 16.2 Å². The largest absolute Gasteiger partial charge is 0.389 e. The highest BCUT2D eigenvalue weighted by atomic mass is 32.1. The quantitative estimate of drug-likeness (QED) is 0.842. The van der Waals surface area contributed by atoms with Gasteiger partial charge in [0.15, 0.2) is 11.6 Å². The lowest BCUT2D eigenvalue weighted by atomic mass is 10.1. The molecule has 0 aliphatic heterocycles. The van der Waals surface area contributed by atoms with Crippen molar-refractivity contribution in [2.75, 3.05) is 5.32 Å². The molecule has 19 heavy (non-hydrogen) atoms. The summed E-state index contributed by atoms with van der Waals surface area (Å²) in [6.07, 6.45) is 1.63. The highest BCUT2D eigenvalue weighted by Gasteiger charge is 2.14. The molecule has 7 heteroatoms. The summed E-state index contributed by atoms with van der Waals surface area (Å²) >= 11 is 4.64. The summed E-state index contributed by atoms with van der Waals surface area (Å²) in [5, 5.41) is 6.78. The van der Waals surface area contributed by atoms with E-state index in [9.17, 15) is 8.78 Å². The number of aromatic nitrogens is 2. The fourth-order valence-corrected chi connectivity index (χ4v) is 1.79. The summed E-state index contributed by atoms with van der Waals surface area (Å²) in [5.41, 5.74) is 6.10. The van der Waals surface area contributed by atoms with E-state index in [1.165, 1.54) is 12.1 Å². The van der Waals surface area contributed by atoms with Gasteiger partial charge in [-0.3, -0.25) is 4.68 Å². The molecule has 0 saturated heterocycles. The molecule has 0 unspecified atom stereocenters. The zero-order valence-corrected chi connectivity index (χ0v) is 11.0. The minimum absolute atomic E-state index is 0.0544. The summed E-state index contributed by atoms with van der Waals surface area (Å²) < 4.78 is 29.1. The Morgan fingerprint density at radius 2 is 2.11 bits per heavy atom. The van der Waals surface area contributed by atoms with Crippen LogP contribution < -0.4 is 11.1 Å². The number of nitrogens with one attached hydrogen (secondary N) is 1. The van der Waals surface area contributed by atoms with Crippen LogP contribution in [0.3, 0.4) is 0 Å². The minimum Gasteiger partial charge on any atom is -0.389 e. The molecular weight excluding hydrogens is 270 g/mol. The van der Waals surface area contributed by atoms with Crippen LogP contribution in [0.15, 0.2) is 24.4 Å². The first-order valence-corrected chi connectivity index (χ1v) is 5.90. The molecule has 0 aliphatic rings. The molecule has 0 bridgehead atoms. The maximum atomic E-state index is 13.8. The molecule has 0 spiro atoms. The third kappa shape index (κ3) is 2.70. The van der Waals surface area contributed by atoms with Gasteiger partial charge in [0.1, 0.15) is 4.99 Å². The normalized spacial score (nSPS) is 10.5. The van der Waals surface area contributed by atoms with Crippen LogP contribution in [0.25, 0.3) is 0 Å². The Bertz CT molecular complexity index is 624. The Morgan fingerprint density at radius 1 is 1.37 bits per heavy atom. The van der Waals surface area contributed by atoms with Crippen molar-refractivity contribution in [1.29, 1.82) is 0 Å². The molecular formula is C12H12F2N4S. The number of nitrogens with two attached hydrogens (primary N) is 1. The number of thiocarbonyl (C=S) groups is 1. The second kappa shape index (κ2) is 5.31. The van der Waals surface area contributed by atoms with Gasteiger partial charge in [-0.2, -0.15) is 5.10 Å². The molecule has 0 saturated carbocycles. The Morgan fingerprint density at radius 3 is 2.68 bits per heavy atom. The summed E-state index contributed by atoms with van der Waals surface area (Å²) in [4.78, 5) is -0.172. The van der Waals surface area contributed by atoms with Gasteiger partial charge in [-0.05, 0) is 18.2 Å². The summed E-state index contributed by atoms with van der Waals surface area (Å²) in [7, 11) is 1.77. The van der Waals surface area contributed by atoms with Crippen LogP contribution in [0.5, 0.6) is 0 Å². The van der Waals surface area contributed by atoms with Gasteiger partial charge in [0.25, 0.3) is 0 Å². The summed E-state index contributed by atoms with van der Waals surface area (Å²) in [5.74, 6) is -2.03. The lowest BCUT2D eigenvalue weighted by molar-refractivity contribution is 0.509. The van der Waals surface area contributed by atoms with Crippen molar-refractivity contribution >= 4 is 22.9 Å². The van der Waals surface area contributed by atoms with Crippen LogP contribution in [0, 0.1) is 11.6 Å². The van der Waals surface area contributed by atoms with Crippen LogP contribution in [0.2, 0.25) is 0 Å². The van der Waals surface area contributed by atoms with Crippen LogP contribution in [0.1, 0.15) is 11.3 Å². The zero-order chi connectivity index (χ0) is 14.0. The van der Waals surface area contributed by atoms with Crippen LogP contribution >= 0.6 is 12.2 Å². The van der Waals surface area contributed by atoms with Crippen molar-refractivity contribution in [3.8, 4) is 0 Å². The van der Waals surface area contributed by atoms with Gasteiger partial charge in [-0.25, -0.2) is 8.78 Å². The van der Waals surface area contributed by atoms with E-state index in [0.717, 1.165) is 5.69 Å². The van der Waals surface area contributed by atoms with E-state index in [2.05, 4.69) is 22.6 Å². The van der Waals surface area contributed by atoms with Crippen LogP contribution in [0.4, 0.5) is 14.5 Å². The molecule has 3 N–H and O–H groups in total. The van der Waals surface area contributed by atoms with Crippen molar-refractivity contribution in [2.24, 2.45) is 12.8 Å². The molecule has 0 fully saturated rings. The SMILES string of the molecule is Cn1nccc1CNc1ccc(C(N)=S)c(F)c1F. The van der Waals surface area contributed by atoms with Crippen molar-refractivity contribution in [1.82, 2.24) is 9.78 Å². The number of anilines is 1. The molecule has 1 aromatic carbocycles. The lowest BCUT2D eigenvalue weighted by Crippen LogP contribution is -2.14. The molecule has 0 atom stereocenters. The lowest BCUT2D eigenvalue weighted by Gasteiger charge is -2.10. The first-order valence-electron chi connectivity index (χ1n) is 5.49. The number of rotatable bonds is 4. The van der Waals surface area contributed by atoms with Crippen LogP contribution in [-0.2, 0) is 13.6 Å². The Kier molecular flexibility index (Phi) is 3.75. The molecule has 0 amide bonds. The molecule has 2 aromatic rings. The second-order valence-corrected chi connectivity index (χ2v) is 4.39. The van der Waals surface area contributed by atoms with Gasteiger partial charge in [-0.1, -0.05) is 12.2 Å². The number of nitrogens with zero attached hydrogens (tertiary/aromatic N) is 2. The van der Waals surface area contributed by atoms with Gasteiger partial charge in [0.05, 0.1) is 17.9 Å². The monoisotopic (exact) mass is 282 g/mol. The van der Waals surface area contributed by atoms with E-state index in [4.69, 9.17) is 5.73 Å². The van der Waals surface area contributed by atoms with Gasteiger partial charge < -0.3 is 11.1 Å². The van der Waals surface area contributed by atoms with Gasteiger partial charge in [-0.15, -0.1) is 0 Å². The molecule has 1 aromatic heterocycles. The van der Waals surface area contributed by atoms with E-state index in [1.54, 1.807) is 24.0 Å². The highest BCUT2D eigenvalue weighted by molar-refractivity contribution is 7.80. The van der Waals surface area contributed by atoms with Crippen molar-refractivity contribution in [3.05, 3.63) is 47.3 Å². The Balaban J connectivity index is 2.20.